The molecule has 0 aromatic carbocycles. The standard InChI is InChI=1S/C8H18O3/c1-2-3-4-7(10)5-8(11)6-9/h7-11H,2-6H2,1H3. The first-order valence-corrected chi connectivity index (χ1v) is 4.17. The van der Waals surface area contributed by atoms with Crippen molar-refractivity contribution in [2.75, 3.05) is 6.61 Å². The Morgan fingerprint density at radius 3 is 2.27 bits per heavy atom. The molecule has 2 atom stereocenters. The van der Waals surface area contributed by atoms with Crippen LogP contribution in [0.5, 0.6) is 0 Å². The third-order valence-electron chi connectivity index (χ3n) is 1.65. The van der Waals surface area contributed by atoms with E-state index in [0.29, 0.717) is 6.42 Å². The molecule has 0 aliphatic carbocycles. The molecule has 0 fully saturated rings. The highest BCUT2D eigenvalue weighted by molar-refractivity contribution is 4.61. The largest absolute Gasteiger partial charge is 0.394 e. The summed E-state index contributed by atoms with van der Waals surface area (Å²) >= 11 is 0. The number of hydrogen-bond donors (Lipinski definition) is 3. The smallest absolute Gasteiger partial charge is 0.0795 e. The van der Waals surface area contributed by atoms with Gasteiger partial charge in [0.05, 0.1) is 18.8 Å². The van der Waals surface area contributed by atoms with Gasteiger partial charge in [0.2, 0.25) is 0 Å². The molecule has 3 heteroatoms. The zero-order valence-electron chi connectivity index (χ0n) is 7.03. The van der Waals surface area contributed by atoms with Crippen molar-refractivity contribution in [1.29, 1.82) is 0 Å². The fourth-order valence-corrected chi connectivity index (χ4v) is 0.946. The molecule has 0 spiro atoms. The van der Waals surface area contributed by atoms with Crippen LogP contribution in [0.3, 0.4) is 0 Å². The zero-order chi connectivity index (χ0) is 8.69. The molecular formula is C8H18O3. The van der Waals surface area contributed by atoms with E-state index in [0.717, 1.165) is 12.8 Å². The Hall–Kier alpha value is -0.120. The van der Waals surface area contributed by atoms with Crippen LogP contribution in [0.25, 0.3) is 0 Å². The lowest BCUT2D eigenvalue weighted by atomic mass is 10.1. The molecule has 68 valence electrons. The quantitative estimate of drug-likeness (QED) is 0.525. The van der Waals surface area contributed by atoms with Gasteiger partial charge in [0.1, 0.15) is 0 Å². The van der Waals surface area contributed by atoms with Gasteiger partial charge in [-0.3, -0.25) is 0 Å². The second kappa shape index (κ2) is 6.58. The second-order valence-corrected chi connectivity index (χ2v) is 2.87. The molecule has 0 rings (SSSR count). The topological polar surface area (TPSA) is 60.7 Å². The van der Waals surface area contributed by atoms with Crippen LogP contribution in [0.4, 0.5) is 0 Å². The van der Waals surface area contributed by atoms with E-state index in [4.69, 9.17) is 10.2 Å². The molecule has 0 saturated heterocycles. The van der Waals surface area contributed by atoms with Crippen LogP contribution in [-0.2, 0) is 0 Å². The summed E-state index contributed by atoms with van der Waals surface area (Å²) in [6.45, 7) is 1.79. The molecule has 0 aliphatic heterocycles. The molecule has 3 N–H and O–H groups in total. The summed E-state index contributed by atoms with van der Waals surface area (Å²) < 4.78 is 0. The normalized spacial score (nSPS) is 16.4. The molecule has 0 heterocycles. The lowest BCUT2D eigenvalue weighted by Crippen LogP contribution is -2.20. The van der Waals surface area contributed by atoms with Crippen molar-refractivity contribution in [3.8, 4) is 0 Å². The van der Waals surface area contributed by atoms with Gasteiger partial charge < -0.3 is 15.3 Å². The minimum absolute atomic E-state index is 0.261. The SMILES string of the molecule is CCCCC(O)CC(O)CO. The van der Waals surface area contributed by atoms with Crippen LogP contribution in [0, 0.1) is 0 Å². The molecule has 0 bridgehead atoms. The monoisotopic (exact) mass is 162 g/mol. The second-order valence-electron chi connectivity index (χ2n) is 2.87. The van der Waals surface area contributed by atoms with Crippen molar-refractivity contribution >= 4 is 0 Å². The van der Waals surface area contributed by atoms with Crippen LogP contribution in [0.1, 0.15) is 32.6 Å². The summed E-state index contributed by atoms with van der Waals surface area (Å²) in [5, 5.41) is 26.6. The lowest BCUT2D eigenvalue weighted by Gasteiger charge is -2.12. The van der Waals surface area contributed by atoms with Crippen LogP contribution < -0.4 is 0 Å². The minimum atomic E-state index is -0.762. The molecule has 0 saturated carbocycles. The summed E-state index contributed by atoms with van der Waals surface area (Å²) in [5.74, 6) is 0. The van der Waals surface area contributed by atoms with Gasteiger partial charge in [-0.2, -0.15) is 0 Å². The molecule has 3 nitrogen and oxygen atoms in total. The Labute approximate surface area is 67.7 Å². The summed E-state index contributed by atoms with van der Waals surface area (Å²) in [7, 11) is 0. The predicted molar refractivity (Wildman–Crippen MR) is 43.2 cm³/mol. The van der Waals surface area contributed by atoms with Crippen molar-refractivity contribution in [2.24, 2.45) is 0 Å². The van der Waals surface area contributed by atoms with Gasteiger partial charge in [-0.1, -0.05) is 19.8 Å². The molecule has 0 aromatic rings. The van der Waals surface area contributed by atoms with E-state index < -0.39 is 12.2 Å². The number of aliphatic hydroxyl groups excluding tert-OH is 3. The van der Waals surface area contributed by atoms with Crippen LogP contribution in [0.2, 0.25) is 0 Å². The third-order valence-corrected chi connectivity index (χ3v) is 1.65. The minimum Gasteiger partial charge on any atom is -0.394 e. The Morgan fingerprint density at radius 2 is 1.82 bits per heavy atom. The zero-order valence-corrected chi connectivity index (χ0v) is 7.03. The fraction of sp³-hybridized carbons (Fsp3) is 1.00. The van der Waals surface area contributed by atoms with Gasteiger partial charge in [0.15, 0.2) is 0 Å². The van der Waals surface area contributed by atoms with Gasteiger partial charge in [-0.15, -0.1) is 0 Å². The van der Waals surface area contributed by atoms with E-state index in [1.54, 1.807) is 0 Å². The molecule has 0 aliphatic rings. The van der Waals surface area contributed by atoms with Crippen molar-refractivity contribution in [2.45, 2.75) is 44.8 Å². The summed E-state index contributed by atoms with van der Waals surface area (Å²) in [5.41, 5.74) is 0. The fourth-order valence-electron chi connectivity index (χ4n) is 0.946. The van der Waals surface area contributed by atoms with Crippen LogP contribution >= 0.6 is 0 Å². The van der Waals surface area contributed by atoms with E-state index in [1.807, 2.05) is 0 Å². The van der Waals surface area contributed by atoms with Gasteiger partial charge in [0, 0.05) is 6.42 Å². The van der Waals surface area contributed by atoms with E-state index in [9.17, 15) is 5.11 Å². The van der Waals surface area contributed by atoms with Crippen molar-refractivity contribution in [3.63, 3.8) is 0 Å². The van der Waals surface area contributed by atoms with Crippen LogP contribution in [-0.4, -0.2) is 34.1 Å². The van der Waals surface area contributed by atoms with E-state index in [-0.39, 0.29) is 13.0 Å². The Bertz CT molecular complexity index is 85.4. The van der Waals surface area contributed by atoms with Crippen molar-refractivity contribution in [1.82, 2.24) is 0 Å². The highest BCUT2D eigenvalue weighted by Gasteiger charge is 2.09. The summed E-state index contributed by atoms with van der Waals surface area (Å²) in [4.78, 5) is 0. The van der Waals surface area contributed by atoms with Gasteiger partial charge >= 0.3 is 0 Å². The Kier molecular flexibility index (Phi) is 6.51. The molecule has 0 radical (unpaired) electrons. The van der Waals surface area contributed by atoms with Crippen molar-refractivity contribution in [3.05, 3.63) is 0 Å². The van der Waals surface area contributed by atoms with Crippen LogP contribution in [0.15, 0.2) is 0 Å². The maximum Gasteiger partial charge on any atom is 0.0795 e. The highest BCUT2D eigenvalue weighted by Crippen LogP contribution is 2.06. The first-order valence-electron chi connectivity index (χ1n) is 4.17. The lowest BCUT2D eigenvalue weighted by molar-refractivity contribution is 0.0381. The van der Waals surface area contributed by atoms with Gasteiger partial charge in [-0.05, 0) is 6.42 Å². The first-order chi connectivity index (χ1) is 5.20. The molecular weight excluding hydrogens is 144 g/mol. The Balaban J connectivity index is 3.27. The number of hydrogen-bond acceptors (Lipinski definition) is 3. The summed E-state index contributed by atoms with van der Waals surface area (Å²) in [6.07, 6.45) is 1.80. The Morgan fingerprint density at radius 1 is 1.18 bits per heavy atom. The molecule has 2 unspecified atom stereocenters. The molecule has 0 amide bonds. The first kappa shape index (κ1) is 10.9. The third kappa shape index (κ3) is 6.28. The number of unbranched alkanes of at least 4 members (excludes halogenated alkanes) is 1. The van der Waals surface area contributed by atoms with Gasteiger partial charge in [-0.25, -0.2) is 0 Å². The summed E-state index contributed by atoms with van der Waals surface area (Å²) in [6, 6.07) is 0. The number of aliphatic hydroxyl groups is 3. The number of rotatable bonds is 6. The van der Waals surface area contributed by atoms with Gasteiger partial charge in [0.25, 0.3) is 0 Å². The predicted octanol–water partition coefficient (Wildman–Crippen LogP) is 0.281. The molecule has 0 aromatic heterocycles. The van der Waals surface area contributed by atoms with E-state index in [2.05, 4.69) is 6.92 Å². The van der Waals surface area contributed by atoms with Crippen molar-refractivity contribution < 1.29 is 15.3 Å². The molecule has 11 heavy (non-hydrogen) atoms. The average molecular weight is 162 g/mol. The highest BCUT2D eigenvalue weighted by atomic mass is 16.3. The van der Waals surface area contributed by atoms with E-state index >= 15 is 0 Å². The maximum absolute atomic E-state index is 9.21. The maximum atomic E-state index is 9.21. The average Bonchev–Trinajstić information content (AvgIpc) is 2.00. The van der Waals surface area contributed by atoms with E-state index in [1.165, 1.54) is 0 Å².